The number of aryl methyl sites for hydroxylation is 1. The van der Waals surface area contributed by atoms with Crippen LogP contribution >= 0.6 is 0 Å². The molecule has 4 heteroatoms. The molecule has 2 N–H and O–H groups in total. The normalized spacial score (nSPS) is 14.9. The van der Waals surface area contributed by atoms with E-state index in [0.717, 1.165) is 18.7 Å². The molecule has 0 aliphatic carbocycles. The summed E-state index contributed by atoms with van der Waals surface area (Å²) in [6, 6.07) is 0. The number of aliphatic hydroxyl groups excluding tert-OH is 1. The first-order valence-electron chi connectivity index (χ1n) is 6.36. The number of rotatable bonds is 6. The molecule has 1 heterocycles. The fourth-order valence-electron chi connectivity index (χ4n) is 2.32. The van der Waals surface area contributed by atoms with Crippen LogP contribution in [0.15, 0.2) is 0 Å². The average Bonchev–Trinajstić information content (AvgIpc) is 2.54. The fourth-order valence-corrected chi connectivity index (χ4v) is 2.32. The summed E-state index contributed by atoms with van der Waals surface area (Å²) < 4.78 is 2.01. The highest BCUT2D eigenvalue weighted by Gasteiger charge is 2.24. The third kappa shape index (κ3) is 3.07. The molecule has 0 spiro atoms. The second-order valence-electron chi connectivity index (χ2n) is 4.91. The molecule has 0 aliphatic heterocycles. The van der Waals surface area contributed by atoms with Gasteiger partial charge in [0.1, 0.15) is 0 Å². The number of hydrogen-bond donors (Lipinski definition) is 2. The largest absolute Gasteiger partial charge is 0.394 e. The lowest BCUT2D eigenvalue weighted by Crippen LogP contribution is -2.49. The van der Waals surface area contributed by atoms with Gasteiger partial charge in [-0.1, -0.05) is 13.8 Å². The molecule has 1 aromatic rings. The average molecular weight is 239 g/mol. The van der Waals surface area contributed by atoms with Crippen molar-refractivity contribution in [3.8, 4) is 0 Å². The Kier molecular flexibility index (Phi) is 4.71. The standard InChI is InChI=1S/C13H25N3O/c1-6-12-10(3)15-16(11(12)4)8-13(5,9-17)14-7-2/h14,17H,6-9H2,1-5H3. The van der Waals surface area contributed by atoms with Gasteiger partial charge in [-0.2, -0.15) is 5.10 Å². The predicted molar refractivity (Wildman–Crippen MR) is 70.2 cm³/mol. The minimum Gasteiger partial charge on any atom is -0.394 e. The van der Waals surface area contributed by atoms with Crippen LogP contribution in [0.1, 0.15) is 37.7 Å². The first-order valence-corrected chi connectivity index (χ1v) is 6.36. The van der Waals surface area contributed by atoms with Gasteiger partial charge in [0.25, 0.3) is 0 Å². The van der Waals surface area contributed by atoms with Crippen LogP contribution in [0.3, 0.4) is 0 Å². The summed E-state index contributed by atoms with van der Waals surface area (Å²) in [5, 5.41) is 17.4. The lowest BCUT2D eigenvalue weighted by atomic mass is 10.0. The van der Waals surface area contributed by atoms with Crippen molar-refractivity contribution in [2.75, 3.05) is 13.2 Å². The van der Waals surface area contributed by atoms with Crippen LogP contribution in [0.4, 0.5) is 0 Å². The molecule has 0 saturated carbocycles. The van der Waals surface area contributed by atoms with Crippen LogP contribution in [0.25, 0.3) is 0 Å². The summed E-state index contributed by atoms with van der Waals surface area (Å²) in [4.78, 5) is 0. The molecule has 17 heavy (non-hydrogen) atoms. The molecule has 1 unspecified atom stereocenters. The number of nitrogens with zero attached hydrogens (tertiary/aromatic N) is 2. The van der Waals surface area contributed by atoms with E-state index >= 15 is 0 Å². The summed E-state index contributed by atoms with van der Waals surface area (Å²) >= 11 is 0. The van der Waals surface area contributed by atoms with Gasteiger partial charge in [0.2, 0.25) is 0 Å². The monoisotopic (exact) mass is 239 g/mol. The molecule has 0 bridgehead atoms. The summed E-state index contributed by atoms with van der Waals surface area (Å²) in [5.74, 6) is 0. The number of aromatic nitrogens is 2. The third-order valence-electron chi connectivity index (χ3n) is 3.34. The predicted octanol–water partition coefficient (Wildman–Crippen LogP) is 1.42. The van der Waals surface area contributed by atoms with Crippen molar-refractivity contribution in [2.24, 2.45) is 0 Å². The van der Waals surface area contributed by atoms with E-state index in [-0.39, 0.29) is 12.1 Å². The van der Waals surface area contributed by atoms with Crippen molar-refractivity contribution >= 4 is 0 Å². The molecule has 0 aromatic carbocycles. The van der Waals surface area contributed by atoms with Crippen molar-refractivity contribution in [1.82, 2.24) is 15.1 Å². The topological polar surface area (TPSA) is 50.1 Å². The van der Waals surface area contributed by atoms with E-state index in [1.54, 1.807) is 0 Å². The third-order valence-corrected chi connectivity index (χ3v) is 3.34. The Morgan fingerprint density at radius 3 is 2.41 bits per heavy atom. The Labute approximate surface area is 104 Å². The highest BCUT2D eigenvalue weighted by atomic mass is 16.3. The van der Waals surface area contributed by atoms with Gasteiger partial charge in [-0.25, -0.2) is 0 Å². The molecule has 0 radical (unpaired) electrons. The van der Waals surface area contributed by atoms with Crippen LogP contribution in [0.5, 0.6) is 0 Å². The number of aliphatic hydroxyl groups is 1. The first-order chi connectivity index (χ1) is 7.97. The van der Waals surface area contributed by atoms with Crippen LogP contribution in [0, 0.1) is 13.8 Å². The molecule has 1 atom stereocenters. The molecular weight excluding hydrogens is 214 g/mol. The van der Waals surface area contributed by atoms with Crippen LogP contribution in [0.2, 0.25) is 0 Å². The number of hydrogen-bond acceptors (Lipinski definition) is 3. The van der Waals surface area contributed by atoms with Crippen LogP contribution in [-0.4, -0.2) is 33.6 Å². The highest BCUT2D eigenvalue weighted by Crippen LogP contribution is 2.16. The highest BCUT2D eigenvalue weighted by molar-refractivity contribution is 5.24. The Morgan fingerprint density at radius 1 is 1.35 bits per heavy atom. The zero-order valence-corrected chi connectivity index (χ0v) is 11.7. The minimum absolute atomic E-state index is 0.112. The second kappa shape index (κ2) is 5.65. The second-order valence-corrected chi connectivity index (χ2v) is 4.91. The fraction of sp³-hybridized carbons (Fsp3) is 0.769. The maximum absolute atomic E-state index is 9.50. The molecule has 1 rings (SSSR count). The van der Waals surface area contributed by atoms with Gasteiger partial charge in [-0.05, 0) is 39.3 Å². The molecule has 0 saturated heterocycles. The lowest BCUT2D eigenvalue weighted by Gasteiger charge is -2.28. The van der Waals surface area contributed by atoms with Gasteiger partial charge in [0.15, 0.2) is 0 Å². The van der Waals surface area contributed by atoms with Crippen molar-refractivity contribution in [2.45, 2.75) is 53.1 Å². The van der Waals surface area contributed by atoms with Gasteiger partial charge in [-0.15, -0.1) is 0 Å². The molecule has 0 amide bonds. The molecule has 1 aromatic heterocycles. The Bertz CT molecular complexity index is 373. The van der Waals surface area contributed by atoms with Crippen molar-refractivity contribution in [3.63, 3.8) is 0 Å². The van der Waals surface area contributed by atoms with Crippen molar-refractivity contribution < 1.29 is 5.11 Å². The van der Waals surface area contributed by atoms with Gasteiger partial charge < -0.3 is 10.4 Å². The molecule has 4 nitrogen and oxygen atoms in total. The lowest BCUT2D eigenvalue weighted by molar-refractivity contribution is 0.154. The maximum atomic E-state index is 9.50. The van der Waals surface area contributed by atoms with Gasteiger partial charge in [-0.3, -0.25) is 4.68 Å². The van der Waals surface area contributed by atoms with E-state index < -0.39 is 0 Å². The summed E-state index contributed by atoms with van der Waals surface area (Å²) in [6.45, 7) is 12.0. The quantitative estimate of drug-likeness (QED) is 0.789. The zero-order chi connectivity index (χ0) is 13.1. The van der Waals surface area contributed by atoms with E-state index in [1.807, 2.05) is 25.5 Å². The van der Waals surface area contributed by atoms with E-state index in [0.29, 0.717) is 6.54 Å². The minimum atomic E-state index is -0.303. The van der Waals surface area contributed by atoms with Gasteiger partial charge in [0.05, 0.1) is 24.4 Å². The molecule has 0 fully saturated rings. The van der Waals surface area contributed by atoms with E-state index in [4.69, 9.17) is 0 Å². The summed E-state index contributed by atoms with van der Waals surface area (Å²) in [7, 11) is 0. The molecule has 0 aliphatic rings. The Hall–Kier alpha value is -0.870. The summed E-state index contributed by atoms with van der Waals surface area (Å²) in [6.07, 6.45) is 1.01. The summed E-state index contributed by atoms with van der Waals surface area (Å²) in [5.41, 5.74) is 3.33. The molecule has 98 valence electrons. The molecular formula is C13H25N3O. The zero-order valence-electron chi connectivity index (χ0n) is 11.7. The van der Waals surface area contributed by atoms with E-state index in [9.17, 15) is 5.11 Å². The van der Waals surface area contributed by atoms with Gasteiger partial charge >= 0.3 is 0 Å². The SMILES string of the molecule is CCNC(C)(CO)Cn1nc(C)c(CC)c1C. The van der Waals surface area contributed by atoms with Crippen molar-refractivity contribution in [3.05, 3.63) is 17.0 Å². The van der Waals surface area contributed by atoms with Crippen LogP contribution in [-0.2, 0) is 13.0 Å². The smallest absolute Gasteiger partial charge is 0.0628 e. The number of nitrogens with one attached hydrogen (secondary N) is 1. The van der Waals surface area contributed by atoms with E-state index in [2.05, 4.69) is 24.3 Å². The van der Waals surface area contributed by atoms with Crippen molar-refractivity contribution in [1.29, 1.82) is 0 Å². The van der Waals surface area contributed by atoms with Crippen LogP contribution < -0.4 is 5.32 Å². The van der Waals surface area contributed by atoms with E-state index in [1.165, 1.54) is 11.3 Å². The number of likely N-dealkylation sites (N-methyl/N-ethyl adjacent to an activating group) is 1. The van der Waals surface area contributed by atoms with Gasteiger partial charge in [0, 0.05) is 5.69 Å². The first kappa shape index (κ1) is 14.2. The Morgan fingerprint density at radius 2 is 2.00 bits per heavy atom. The Balaban J connectivity index is 2.94. The maximum Gasteiger partial charge on any atom is 0.0628 e.